The number of carbonyl (C=O) groups is 1. The Bertz CT molecular complexity index is 2060. The molecule has 9 heteroatoms. The van der Waals surface area contributed by atoms with E-state index in [9.17, 15) is 13.2 Å². The van der Waals surface area contributed by atoms with Crippen molar-refractivity contribution < 1.29 is 32.2 Å². The summed E-state index contributed by atoms with van der Waals surface area (Å²) in [6.07, 6.45) is 7.74. The van der Waals surface area contributed by atoms with Crippen LogP contribution in [0.25, 0.3) is 0 Å². The highest BCUT2D eigenvalue weighted by Gasteiger charge is 2.72. The smallest absolute Gasteiger partial charge is 0.310 e. The van der Waals surface area contributed by atoms with E-state index in [4.69, 9.17) is 18.9 Å². The Hall–Kier alpha value is -2.56. The molecule has 3 saturated carbocycles. The van der Waals surface area contributed by atoms with Gasteiger partial charge in [0, 0.05) is 17.9 Å². The van der Waals surface area contributed by atoms with Crippen LogP contribution in [0, 0.1) is 69.0 Å². The predicted octanol–water partition coefficient (Wildman–Crippen LogP) is 10.7. The number of aryl methyl sites for hydroxylation is 1. The molecule has 0 unspecified atom stereocenters. The van der Waals surface area contributed by atoms with Gasteiger partial charge in [-0.2, -0.15) is 0 Å². The van der Waals surface area contributed by atoms with E-state index in [0.29, 0.717) is 36.9 Å². The fourth-order valence-corrected chi connectivity index (χ4v) is 15.2. The Kier molecular flexibility index (Phi) is 12.3. The molecule has 1 aliphatic heterocycles. The quantitative estimate of drug-likeness (QED) is 0.168. The van der Waals surface area contributed by atoms with Crippen molar-refractivity contribution in [1.82, 2.24) is 4.72 Å². The Morgan fingerprint density at radius 1 is 0.918 bits per heavy atom. The van der Waals surface area contributed by atoms with Crippen LogP contribution >= 0.6 is 0 Å². The summed E-state index contributed by atoms with van der Waals surface area (Å²) < 4.78 is 57.6. The number of rotatable bonds is 12. The van der Waals surface area contributed by atoms with Crippen LogP contribution in [0.15, 0.2) is 71.1 Å². The van der Waals surface area contributed by atoms with Crippen LogP contribution in [0.4, 0.5) is 0 Å². The van der Waals surface area contributed by atoms with E-state index in [-0.39, 0.29) is 69.3 Å². The third-order valence-corrected chi connectivity index (χ3v) is 20.1. The first-order chi connectivity index (χ1) is 28.4. The molecule has 1 saturated heterocycles. The molecule has 0 radical (unpaired) electrons. The summed E-state index contributed by atoms with van der Waals surface area (Å²) in [6.45, 7) is 28.4. The molecule has 1 heterocycles. The molecule has 12 atom stereocenters. The van der Waals surface area contributed by atoms with Crippen molar-refractivity contribution in [2.75, 3.05) is 26.9 Å². The maximum Gasteiger partial charge on any atom is 0.310 e. The summed E-state index contributed by atoms with van der Waals surface area (Å²) in [5.74, 6) is 1.06. The van der Waals surface area contributed by atoms with Crippen LogP contribution in [0.5, 0.6) is 0 Å². The van der Waals surface area contributed by atoms with Gasteiger partial charge in [0.15, 0.2) is 0 Å². The predicted molar refractivity (Wildman–Crippen MR) is 242 cm³/mol. The van der Waals surface area contributed by atoms with Gasteiger partial charge in [0.05, 0.1) is 48.4 Å². The highest BCUT2D eigenvalue weighted by atomic mass is 32.2. The van der Waals surface area contributed by atoms with E-state index >= 15 is 0 Å². The lowest BCUT2D eigenvalue weighted by atomic mass is 9.34. The van der Waals surface area contributed by atoms with Crippen LogP contribution in [0.3, 0.4) is 0 Å². The van der Waals surface area contributed by atoms with Crippen molar-refractivity contribution in [3.05, 3.63) is 77.4 Å². The first kappa shape index (κ1) is 46.4. The SMILES string of the molecule is CO[C@@H]1C[C@@]23COC[C@@](C)([C@@H]2CC[C@H]2C3=CC[C@@]3(C)[C@H](C(=O)OCc4ccccc4)[C@@](C)([C@H](C)C(C)C)CC[C@]23C)[C@H]1OC[C@](C)(NS(=O)(=O)c1ccc(C)cc1)C(C)(C)C. The van der Waals surface area contributed by atoms with Gasteiger partial charge in [-0.3, -0.25) is 4.79 Å². The molecule has 4 aliphatic carbocycles. The maximum absolute atomic E-state index is 14.9. The minimum absolute atomic E-state index is 0.0509. The number of methoxy groups -OCH3 is 1. The van der Waals surface area contributed by atoms with E-state index in [1.807, 2.05) is 56.3 Å². The average molecular weight is 860 g/mol. The third-order valence-electron chi connectivity index (χ3n) is 18.5. The zero-order valence-corrected chi connectivity index (χ0v) is 40.5. The second kappa shape index (κ2) is 16.2. The van der Waals surface area contributed by atoms with Gasteiger partial charge in [0.1, 0.15) is 6.61 Å². The first-order valence-electron chi connectivity index (χ1n) is 23.2. The van der Waals surface area contributed by atoms with E-state index in [0.717, 1.165) is 49.7 Å². The molecule has 61 heavy (non-hydrogen) atoms. The fourth-order valence-electron chi connectivity index (χ4n) is 13.6. The van der Waals surface area contributed by atoms with Crippen molar-refractivity contribution >= 4 is 16.0 Å². The third kappa shape index (κ3) is 7.50. The largest absolute Gasteiger partial charge is 0.461 e. The van der Waals surface area contributed by atoms with Gasteiger partial charge in [-0.1, -0.05) is 129 Å². The highest BCUT2D eigenvalue weighted by molar-refractivity contribution is 7.89. The number of sulfonamides is 1. The van der Waals surface area contributed by atoms with Gasteiger partial charge in [-0.05, 0) is 115 Å². The zero-order chi connectivity index (χ0) is 44.6. The summed E-state index contributed by atoms with van der Waals surface area (Å²) in [5, 5.41) is 0. The normalized spacial score (nSPS) is 37.7. The lowest BCUT2D eigenvalue weighted by Crippen LogP contribution is -2.70. The summed E-state index contributed by atoms with van der Waals surface area (Å²) in [7, 11) is -2.04. The number of allylic oxidation sites excluding steroid dienone is 1. The topological polar surface area (TPSA) is 100 Å². The monoisotopic (exact) mass is 860 g/mol. The molecular weight excluding hydrogens is 783 g/mol. The van der Waals surface area contributed by atoms with E-state index < -0.39 is 21.0 Å². The second-order valence-electron chi connectivity index (χ2n) is 22.8. The molecule has 2 aromatic rings. The van der Waals surface area contributed by atoms with E-state index in [1.165, 1.54) is 5.57 Å². The van der Waals surface area contributed by atoms with Crippen LogP contribution < -0.4 is 4.72 Å². The molecule has 338 valence electrons. The number of hydrogen-bond donors (Lipinski definition) is 1. The number of benzene rings is 2. The van der Waals surface area contributed by atoms with Crippen molar-refractivity contribution in [1.29, 1.82) is 0 Å². The molecule has 4 fully saturated rings. The van der Waals surface area contributed by atoms with Gasteiger partial charge in [0.25, 0.3) is 0 Å². The lowest BCUT2D eigenvalue weighted by Gasteiger charge is -2.71. The van der Waals surface area contributed by atoms with Crippen molar-refractivity contribution in [2.24, 2.45) is 62.1 Å². The molecule has 1 N–H and O–H groups in total. The standard InChI is InChI=1S/C52H77NO7S/c1-34(2)36(4)47(8)27-28-49(10)39-23-24-42-48(9)31-58-33-52(42,40(39)25-26-50(49,11)43(47)45(54)59-30-37-17-15-14-16-18-37)29-41(57-13)44(48)60-32-51(12,46(5,6)7)53-61(55,56)38-21-19-35(3)20-22-38/h14-22,25,34,36,39,41-44,53H,23-24,26-33H2,1-13H3/t36-,39+,41-,42+,43-,44+,47-,48+,49-,50+,51+,52+/m1/s1. The van der Waals surface area contributed by atoms with E-state index in [2.05, 4.69) is 80.0 Å². The number of fused-ring (bicyclic) bond motifs is 3. The highest BCUT2D eigenvalue weighted by Crippen LogP contribution is 2.75. The summed E-state index contributed by atoms with van der Waals surface area (Å²) >= 11 is 0. The molecule has 7 rings (SSSR count). The molecular formula is C52H77NO7S. The molecule has 0 aromatic heterocycles. The van der Waals surface area contributed by atoms with Gasteiger partial charge in [-0.25, -0.2) is 13.1 Å². The number of carbonyl (C=O) groups excluding carboxylic acids is 1. The Morgan fingerprint density at radius 2 is 1.59 bits per heavy atom. The average Bonchev–Trinajstić information content (AvgIpc) is 3.19. The summed E-state index contributed by atoms with van der Waals surface area (Å²) in [6, 6.07) is 17.1. The lowest BCUT2D eigenvalue weighted by molar-refractivity contribution is -0.270. The molecule has 8 nitrogen and oxygen atoms in total. The summed E-state index contributed by atoms with van der Waals surface area (Å²) in [4.78, 5) is 15.1. The maximum atomic E-state index is 14.9. The molecule has 0 amide bonds. The molecule has 2 aromatic carbocycles. The summed E-state index contributed by atoms with van der Waals surface area (Å²) in [5.41, 5.74) is 0.877. The molecule has 2 bridgehead atoms. The Labute approximate surface area is 368 Å². The van der Waals surface area contributed by atoms with Gasteiger partial charge >= 0.3 is 5.97 Å². The van der Waals surface area contributed by atoms with Crippen LogP contribution in [0.1, 0.15) is 126 Å². The van der Waals surface area contributed by atoms with Crippen LogP contribution in [-0.2, 0) is 40.4 Å². The minimum atomic E-state index is -3.84. The first-order valence-corrected chi connectivity index (χ1v) is 24.6. The van der Waals surface area contributed by atoms with Gasteiger partial charge < -0.3 is 18.9 Å². The van der Waals surface area contributed by atoms with Crippen molar-refractivity contribution in [3.8, 4) is 0 Å². The number of nitrogens with one attached hydrogen (secondary N) is 1. The van der Waals surface area contributed by atoms with Crippen molar-refractivity contribution in [3.63, 3.8) is 0 Å². The second-order valence-corrected chi connectivity index (χ2v) is 24.5. The number of esters is 1. The zero-order valence-electron chi connectivity index (χ0n) is 39.7. The van der Waals surface area contributed by atoms with E-state index in [1.54, 1.807) is 19.2 Å². The Balaban J connectivity index is 1.21. The van der Waals surface area contributed by atoms with Gasteiger partial charge in [-0.15, -0.1) is 0 Å². The molecule has 5 aliphatic rings. The minimum Gasteiger partial charge on any atom is -0.461 e. The Morgan fingerprint density at radius 3 is 2.21 bits per heavy atom. The number of ether oxygens (including phenoxy) is 4. The van der Waals surface area contributed by atoms with Crippen molar-refractivity contribution in [2.45, 2.75) is 151 Å². The molecule has 0 spiro atoms. The number of hydrogen-bond acceptors (Lipinski definition) is 7. The van der Waals surface area contributed by atoms with Gasteiger partial charge in [0.2, 0.25) is 10.0 Å². The van der Waals surface area contributed by atoms with Crippen LogP contribution in [-0.4, -0.2) is 59.1 Å². The fraction of sp³-hybridized carbons (Fsp3) is 0.712. The van der Waals surface area contributed by atoms with Crippen LogP contribution in [0.2, 0.25) is 0 Å².